The molecule has 0 aliphatic carbocycles. The van der Waals surface area contributed by atoms with Gasteiger partial charge >= 0.3 is 6.36 Å². The highest BCUT2D eigenvalue weighted by molar-refractivity contribution is 6.03. The number of anilines is 1. The SMILES string of the molecule is N#Cc1c[nH]c2ccc(NC(=O)/C=C/c3ccc(OC(F)(F)F)cc3)cc12. The number of carbonyl (C=O) groups is 1. The molecular formula is C19H12F3N3O2. The molecule has 136 valence electrons. The van der Waals surface area contributed by atoms with Crippen LogP contribution in [-0.2, 0) is 4.79 Å². The topological polar surface area (TPSA) is 77.9 Å². The van der Waals surface area contributed by atoms with Gasteiger partial charge < -0.3 is 15.0 Å². The average molecular weight is 371 g/mol. The Labute approximate surface area is 151 Å². The number of ether oxygens (including phenoxy) is 1. The summed E-state index contributed by atoms with van der Waals surface area (Å²) in [7, 11) is 0. The molecular weight excluding hydrogens is 359 g/mol. The zero-order valence-corrected chi connectivity index (χ0v) is 13.7. The Morgan fingerprint density at radius 1 is 1.19 bits per heavy atom. The Hall–Kier alpha value is -3.73. The summed E-state index contributed by atoms with van der Waals surface area (Å²) < 4.78 is 40.1. The lowest BCUT2D eigenvalue weighted by Gasteiger charge is -2.08. The number of nitrogens with zero attached hydrogens (tertiary/aromatic N) is 1. The van der Waals surface area contributed by atoms with Crippen molar-refractivity contribution in [2.24, 2.45) is 0 Å². The Bertz CT molecular complexity index is 1040. The van der Waals surface area contributed by atoms with E-state index >= 15 is 0 Å². The minimum Gasteiger partial charge on any atom is -0.406 e. The van der Waals surface area contributed by atoms with Crippen LogP contribution in [0.15, 0.2) is 54.7 Å². The van der Waals surface area contributed by atoms with Crippen molar-refractivity contribution in [3.05, 3.63) is 65.9 Å². The molecule has 8 heteroatoms. The Morgan fingerprint density at radius 2 is 1.93 bits per heavy atom. The number of amides is 1. The van der Waals surface area contributed by atoms with Gasteiger partial charge in [0.2, 0.25) is 5.91 Å². The van der Waals surface area contributed by atoms with Crippen LogP contribution in [0.5, 0.6) is 5.75 Å². The predicted octanol–water partition coefficient (Wildman–Crippen LogP) is 4.59. The Kier molecular flexibility index (Phi) is 4.86. The number of rotatable bonds is 4. The van der Waals surface area contributed by atoms with Gasteiger partial charge in [-0.3, -0.25) is 4.79 Å². The molecule has 2 N–H and O–H groups in total. The van der Waals surface area contributed by atoms with E-state index in [2.05, 4.69) is 21.1 Å². The Balaban J connectivity index is 1.66. The van der Waals surface area contributed by atoms with Gasteiger partial charge in [-0.1, -0.05) is 12.1 Å². The van der Waals surface area contributed by atoms with E-state index in [-0.39, 0.29) is 5.75 Å². The van der Waals surface area contributed by atoms with Gasteiger partial charge in [-0.2, -0.15) is 5.26 Å². The van der Waals surface area contributed by atoms with Crippen LogP contribution in [-0.4, -0.2) is 17.3 Å². The molecule has 3 aromatic rings. The van der Waals surface area contributed by atoms with Gasteiger partial charge in [-0.25, -0.2) is 0 Å². The number of aromatic nitrogens is 1. The monoisotopic (exact) mass is 371 g/mol. The lowest BCUT2D eigenvalue weighted by Crippen LogP contribution is -2.16. The maximum Gasteiger partial charge on any atom is 0.573 e. The van der Waals surface area contributed by atoms with E-state index in [1.54, 1.807) is 24.4 Å². The van der Waals surface area contributed by atoms with Crippen LogP contribution in [0.2, 0.25) is 0 Å². The van der Waals surface area contributed by atoms with E-state index in [9.17, 15) is 18.0 Å². The van der Waals surface area contributed by atoms with Crippen LogP contribution >= 0.6 is 0 Å². The van der Waals surface area contributed by atoms with Crippen LogP contribution in [0.1, 0.15) is 11.1 Å². The fraction of sp³-hybridized carbons (Fsp3) is 0.0526. The number of benzene rings is 2. The molecule has 3 rings (SSSR count). The van der Waals surface area contributed by atoms with Crippen LogP contribution < -0.4 is 10.1 Å². The third kappa shape index (κ3) is 4.67. The van der Waals surface area contributed by atoms with Gasteiger partial charge in [0.1, 0.15) is 11.8 Å². The van der Waals surface area contributed by atoms with E-state index in [0.717, 1.165) is 17.6 Å². The van der Waals surface area contributed by atoms with E-state index < -0.39 is 12.3 Å². The predicted molar refractivity (Wildman–Crippen MR) is 93.8 cm³/mol. The summed E-state index contributed by atoms with van der Waals surface area (Å²) in [5, 5.41) is 12.4. The first-order valence-electron chi connectivity index (χ1n) is 7.70. The van der Waals surface area contributed by atoms with Crippen molar-refractivity contribution in [2.45, 2.75) is 6.36 Å². The lowest BCUT2D eigenvalue weighted by atomic mass is 10.1. The highest BCUT2D eigenvalue weighted by Crippen LogP contribution is 2.23. The molecule has 0 unspecified atom stereocenters. The summed E-state index contributed by atoms with van der Waals surface area (Å²) in [5.41, 5.74) is 2.30. The van der Waals surface area contributed by atoms with Gasteiger partial charge in [-0.15, -0.1) is 13.2 Å². The van der Waals surface area contributed by atoms with Gasteiger partial charge in [0.15, 0.2) is 0 Å². The molecule has 0 saturated heterocycles. The van der Waals surface area contributed by atoms with Crippen molar-refractivity contribution in [1.29, 1.82) is 5.26 Å². The van der Waals surface area contributed by atoms with E-state index in [4.69, 9.17) is 5.26 Å². The first kappa shape index (κ1) is 18.1. The Morgan fingerprint density at radius 3 is 2.59 bits per heavy atom. The number of nitriles is 1. The number of fused-ring (bicyclic) bond motifs is 1. The minimum absolute atomic E-state index is 0.336. The van der Waals surface area contributed by atoms with E-state index in [1.165, 1.54) is 24.3 Å². The van der Waals surface area contributed by atoms with Crippen molar-refractivity contribution in [3.63, 3.8) is 0 Å². The molecule has 0 fully saturated rings. The zero-order chi connectivity index (χ0) is 19.4. The largest absolute Gasteiger partial charge is 0.573 e. The standard InChI is InChI=1S/C19H12F3N3O2/c20-19(21,22)27-15-5-1-12(2-6-15)3-8-18(26)25-14-4-7-17-16(9-14)13(10-23)11-24-17/h1-9,11,24H,(H,25,26)/b8-3+. The molecule has 0 bridgehead atoms. The van der Waals surface area contributed by atoms with Gasteiger partial charge in [0.05, 0.1) is 5.56 Å². The summed E-state index contributed by atoms with van der Waals surface area (Å²) in [5.74, 6) is -0.754. The van der Waals surface area contributed by atoms with Crippen LogP contribution in [0.25, 0.3) is 17.0 Å². The van der Waals surface area contributed by atoms with Crippen LogP contribution in [0.3, 0.4) is 0 Å². The summed E-state index contributed by atoms with van der Waals surface area (Å²) in [6.07, 6.45) is -0.445. The van der Waals surface area contributed by atoms with E-state index in [0.29, 0.717) is 22.2 Å². The van der Waals surface area contributed by atoms with Crippen molar-refractivity contribution in [2.75, 3.05) is 5.32 Å². The highest BCUT2D eigenvalue weighted by atomic mass is 19.4. The first-order valence-corrected chi connectivity index (χ1v) is 7.70. The number of hydrogen-bond donors (Lipinski definition) is 2. The number of hydrogen-bond acceptors (Lipinski definition) is 3. The number of aromatic amines is 1. The molecule has 1 aromatic heterocycles. The second-order valence-electron chi connectivity index (χ2n) is 5.51. The van der Waals surface area contributed by atoms with E-state index in [1.807, 2.05) is 0 Å². The molecule has 0 aliphatic rings. The molecule has 0 saturated carbocycles. The molecule has 0 radical (unpaired) electrons. The molecule has 0 aliphatic heterocycles. The van der Waals surface area contributed by atoms with Gasteiger partial charge in [-0.05, 0) is 42.0 Å². The van der Waals surface area contributed by atoms with Crippen molar-refractivity contribution >= 4 is 28.6 Å². The molecule has 1 heterocycles. The number of H-pyrrole nitrogens is 1. The third-order valence-electron chi connectivity index (χ3n) is 3.61. The van der Waals surface area contributed by atoms with Crippen molar-refractivity contribution in [3.8, 4) is 11.8 Å². The van der Waals surface area contributed by atoms with Crippen molar-refractivity contribution < 1.29 is 22.7 Å². The van der Waals surface area contributed by atoms with Crippen LogP contribution in [0, 0.1) is 11.3 Å². The normalized spacial score (nSPS) is 11.5. The summed E-state index contributed by atoms with van der Waals surface area (Å²) in [6, 6.07) is 12.3. The summed E-state index contributed by atoms with van der Waals surface area (Å²) in [6.45, 7) is 0. The quantitative estimate of drug-likeness (QED) is 0.659. The number of nitrogens with one attached hydrogen (secondary N) is 2. The molecule has 1 amide bonds. The highest BCUT2D eigenvalue weighted by Gasteiger charge is 2.30. The van der Waals surface area contributed by atoms with Crippen molar-refractivity contribution in [1.82, 2.24) is 4.98 Å². The second-order valence-corrected chi connectivity index (χ2v) is 5.51. The molecule has 27 heavy (non-hydrogen) atoms. The first-order chi connectivity index (χ1) is 12.8. The third-order valence-corrected chi connectivity index (χ3v) is 3.61. The fourth-order valence-electron chi connectivity index (χ4n) is 2.43. The summed E-state index contributed by atoms with van der Waals surface area (Å²) >= 11 is 0. The maximum atomic E-state index is 12.1. The average Bonchev–Trinajstić information content (AvgIpc) is 3.02. The number of alkyl halides is 3. The minimum atomic E-state index is -4.75. The smallest absolute Gasteiger partial charge is 0.406 e. The van der Waals surface area contributed by atoms with Gasteiger partial charge in [0, 0.05) is 28.9 Å². The van der Waals surface area contributed by atoms with Gasteiger partial charge in [0.25, 0.3) is 0 Å². The zero-order valence-electron chi connectivity index (χ0n) is 13.7. The van der Waals surface area contributed by atoms with Crippen LogP contribution in [0.4, 0.5) is 18.9 Å². The molecule has 2 aromatic carbocycles. The molecule has 0 spiro atoms. The lowest BCUT2D eigenvalue weighted by molar-refractivity contribution is -0.274. The second kappa shape index (κ2) is 7.25. The molecule has 0 atom stereocenters. The fourth-order valence-corrected chi connectivity index (χ4v) is 2.43. The molecule has 5 nitrogen and oxygen atoms in total. The summed E-state index contributed by atoms with van der Waals surface area (Å²) in [4.78, 5) is 15.0. The number of halogens is 3. The maximum absolute atomic E-state index is 12.1. The number of carbonyl (C=O) groups excluding carboxylic acids is 1.